The largest absolute Gasteiger partial charge is 0.389 e. The van der Waals surface area contributed by atoms with Crippen LogP contribution < -0.4 is 0 Å². The quantitative estimate of drug-likeness (QED) is 0.472. The number of aryl methyl sites for hydroxylation is 1. The van der Waals surface area contributed by atoms with Crippen molar-refractivity contribution in [2.24, 2.45) is 0 Å². The number of aromatic nitrogens is 1. The molecule has 6 heteroatoms. The fourth-order valence-electron chi connectivity index (χ4n) is 2.85. The predicted molar refractivity (Wildman–Crippen MR) is 97.8 cm³/mol. The minimum Gasteiger partial charge on any atom is -0.294 e. The molecule has 0 N–H and O–H groups in total. The summed E-state index contributed by atoms with van der Waals surface area (Å²) in [7, 11) is 0. The molecule has 3 aromatic rings. The molecule has 0 aliphatic rings. The lowest BCUT2D eigenvalue weighted by Gasteiger charge is -2.16. The third-order valence-electron chi connectivity index (χ3n) is 4.23. The standard InChI is InChI=1S/C20H18F3NOS/c1-13-6-8-14(9-7-13)17(25)11-10-15(12-20(21,22)23)19-24-16-4-2-3-5-18(16)26-19/h2-9,15H,10-12H2,1H3. The Labute approximate surface area is 153 Å². The van der Waals surface area contributed by atoms with Crippen LogP contribution in [-0.2, 0) is 0 Å². The first-order valence-corrected chi connectivity index (χ1v) is 9.15. The van der Waals surface area contributed by atoms with Gasteiger partial charge in [-0.2, -0.15) is 13.2 Å². The van der Waals surface area contributed by atoms with Crippen LogP contribution >= 0.6 is 11.3 Å². The minimum absolute atomic E-state index is 0.0692. The first-order valence-electron chi connectivity index (χ1n) is 8.34. The summed E-state index contributed by atoms with van der Waals surface area (Å²) in [6, 6.07) is 14.4. The Hall–Kier alpha value is -2.21. The average molecular weight is 377 g/mol. The first-order chi connectivity index (χ1) is 12.3. The summed E-state index contributed by atoms with van der Waals surface area (Å²) in [5.41, 5.74) is 2.26. The molecule has 0 amide bonds. The maximum absolute atomic E-state index is 13.0. The summed E-state index contributed by atoms with van der Waals surface area (Å²) in [4.78, 5) is 16.7. The molecule has 0 saturated carbocycles. The number of carbonyl (C=O) groups excluding carboxylic acids is 1. The second-order valence-electron chi connectivity index (χ2n) is 6.36. The Balaban J connectivity index is 1.77. The maximum atomic E-state index is 13.0. The lowest BCUT2D eigenvalue weighted by molar-refractivity contribution is -0.139. The van der Waals surface area contributed by atoms with Crippen LogP contribution in [0, 0.1) is 6.92 Å². The lowest BCUT2D eigenvalue weighted by Crippen LogP contribution is -2.15. The van der Waals surface area contributed by atoms with Crippen molar-refractivity contribution in [3.8, 4) is 0 Å². The normalized spacial score (nSPS) is 13.1. The van der Waals surface area contributed by atoms with E-state index in [0.29, 0.717) is 16.1 Å². The van der Waals surface area contributed by atoms with Crippen LogP contribution in [0.15, 0.2) is 48.5 Å². The molecule has 0 spiro atoms. The molecule has 1 heterocycles. The Morgan fingerprint density at radius 3 is 2.46 bits per heavy atom. The molecule has 0 bridgehead atoms. The number of hydrogen-bond donors (Lipinski definition) is 0. The molecule has 0 fully saturated rings. The highest BCUT2D eigenvalue weighted by Gasteiger charge is 2.34. The zero-order valence-electron chi connectivity index (χ0n) is 14.2. The number of Topliss-reactive ketones (excluding diaryl/α,β-unsaturated/α-hetero) is 1. The van der Waals surface area contributed by atoms with E-state index in [1.54, 1.807) is 18.2 Å². The molecule has 1 unspecified atom stereocenters. The van der Waals surface area contributed by atoms with Gasteiger partial charge in [0.15, 0.2) is 5.78 Å². The number of fused-ring (bicyclic) bond motifs is 1. The maximum Gasteiger partial charge on any atom is 0.389 e. The van der Waals surface area contributed by atoms with Crippen molar-refractivity contribution in [3.05, 3.63) is 64.7 Å². The third-order valence-corrected chi connectivity index (χ3v) is 5.43. The van der Waals surface area contributed by atoms with Gasteiger partial charge < -0.3 is 0 Å². The highest BCUT2D eigenvalue weighted by Crippen LogP contribution is 2.38. The van der Waals surface area contributed by atoms with Crippen LogP contribution in [0.5, 0.6) is 0 Å². The number of halogens is 3. The number of ketones is 1. The van der Waals surface area contributed by atoms with Gasteiger partial charge in [-0.25, -0.2) is 4.98 Å². The highest BCUT2D eigenvalue weighted by molar-refractivity contribution is 7.18. The van der Waals surface area contributed by atoms with E-state index in [0.717, 1.165) is 10.3 Å². The highest BCUT2D eigenvalue weighted by atomic mass is 32.1. The monoisotopic (exact) mass is 377 g/mol. The first kappa shape index (κ1) is 18.6. The van der Waals surface area contributed by atoms with E-state index in [4.69, 9.17) is 0 Å². The van der Waals surface area contributed by atoms with Gasteiger partial charge in [0.1, 0.15) is 0 Å². The molecular weight excluding hydrogens is 359 g/mol. The van der Waals surface area contributed by atoms with E-state index in [1.165, 1.54) is 11.3 Å². The number of rotatable bonds is 6. The third kappa shape index (κ3) is 4.69. The molecule has 0 aliphatic carbocycles. The van der Waals surface area contributed by atoms with Crippen molar-refractivity contribution < 1.29 is 18.0 Å². The van der Waals surface area contributed by atoms with Crippen LogP contribution in [0.1, 0.15) is 46.1 Å². The molecular formula is C20H18F3NOS. The predicted octanol–water partition coefficient (Wildman–Crippen LogP) is 6.30. The van der Waals surface area contributed by atoms with Gasteiger partial charge in [-0.3, -0.25) is 4.79 Å². The van der Waals surface area contributed by atoms with Crippen molar-refractivity contribution >= 4 is 27.3 Å². The number of benzene rings is 2. The summed E-state index contributed by atoms with van der Waals surface area (Å²) < 4.78 is 40.0. The van der Waals surface area contributed by atoms with Gasteiger partial charge in [0, 0.05) is 17.9 Å². The fourth-order valence-corrected chi connectivity index (χ4v) is 3.95. The summed E-state index contributed by atoms with van der Waals surface area (Å²) in [5, 5.41) is 0.445. The van der Waals surface area contributed by atoms with Gasteiger partial charge in [0.25, 0.3) is 0 Å². The van der Waals surface area contributed by atoms with Crippen LogP contribution in [0.4, 0.5) is 13.2 Å². The minimum atomic E-state index is -4.30. The molecule has 0 aliphatic heterocycles. The van der Waals surface area contributed by atoms with Crippen molar-refractivity contribution in [2.45, 2.75) is 38.3 Å². The lowest BCUT2D eigenvalue weighted by atomic mass is 9.96. The summed E-state index contributed by atoms with van der Waals surface area (Å²) in [6.45, 7) is 1.92. The molecule has 3 rings (SSSR count). The summed E-state index contributed by atoms with van der Waals surface area (Å²) >= 11 is 1.27. The molecule has 136 valence electrons. The molecule has 1 atom stereocenters. The van der Waals surface area contributed by atoms with Gasteiger partial charge in [0.2, 0.25) is 0 Å². The van der Waals surface area contributed by atoms with Crippen molar-refractivity contribution in [1.29, 1.82) is 0 Å². The van der Waals surface area contributed by atoms with Crippen LogP contribution in [0.3, 0.4) is 0 Å². The van der Waals surface area contributed by atoms with Crippen LogP contribution in [0.25, 0.3) is 10.2 Å². The molecule has 0 radical (unpaired) electrons. The second kappa shape index (κ2) is 7.58. The van der Waals surface area contributed by atoms with Gasteiger partial charge in [-0.15, -0.1) is 11.3 Å². The van der Waals surface area contributed by atoms with E-state index in [-0.39, 0.29) is 18.6 Å². The van der Waals surface area contributed by atoms with Gasteiger partial charge in [-0.1, -0.05) is 42.0 Å². The zero-order valence-corrected chi connectivity index (χ0v) is 15.0. The number of nitrogens with zero attached hydrogens (tertiary/aromatic N) is 1. The van der Waals surface area contributed by atoms with Crippen molar-refractivity contribution in [1.82, 2.24) is 4.98 Å². The number of para-hydroxylation sites is 1. The van der Waals surface area contributed by atoms with E-state index in [9.17, 15) is 18.0 Å². The zero-order chi connectivity index (χ0) is 18.7. The molecule has 26 heavy (non-hydrogen) atoms. The molecule has 1 aromatic heterocycles. The van der Waals surface area contributed by atoms with Gasteiger partial charge in [0.05, 0.1) is 21.6 Å². The van der Waals surface area contributed by atoms with Crippen LogP contribution in [-0.4, -0.2) is 16.9 Å². The smallest absolute Gasteiger partial charge is 0.294 e. The van der Waals surface area contributed by atoms with E-state index >= 15 is 0 Å². The number of alkyl halides is 3. The number of carbonyl (C=O) groups is 1. The Morgan fingerprint density at radius 1 is 1.12 bits per heavy atom. The summed E-state index contributed by atoms with van der Waals surface area (Å²) in [5.74, 6) is -0.944. The van der Waals surface area contributed by atoms with Crippen molar-refractivity contribution in [3.63, 3.8) is 0 Å². The summed E-state index contributed by atoms with van der Waals surface area (Å²) in [6.07, 6.45) is -5.06. The van der Waals surface area contributed by atoms with Gasteiger partial charge >= 0.3 is 6.18 Å². The Kier molecular flexibility index (Phi) is 5.41. The topological polar surface area (TPSA) is 30.0 Å². The van der Waals surface area contributed by atoms with Crippen LogP contribution in [0.2, 0.25) is 0 Å². The SMILES string of the molecule is Cc1ccc(C(=O)CCC(CC(F)(F)F)c2nc3ccccc3s2)cc1. The van der Waals surface area contributed by atoms with E-state index < -0.39 is 18.5 Å². The number of hydrogen-bond acceptors (Lipinski definition) is 3. The fraction of sp³-hybridized carbons (Fsp3) is 0.300. The Bertz CT molecular complexity index is 866. The van der Waals surface area contributed by atoms with Gasteiger partial charge in [-0.05, 0) is 25.5 Å². The molecule has 2 nitrogen and oxygen atoms in total. The second-order valence-corrected chi connectivity index (χ2v) is 7.43. The number of thiazole rings is 1. The van der Waals surface area contributed by atoms with E-state index in [1.807, 2.05) is 37.3 Å². The Morgan fingerprint density at radius 2 is 1.81 bits per heavy atom. The van der Waals surface area contributed by atoms with Crippen molar-refractivity contribution in [2.75, 3.05) is 0 Å². The van der Waals surface area contributed by atoms with E-state index in [2.05, 4.69) is 4.98 Å². The molecule has 2 aromatic carbocycles. The molecule has 0 saturated heterocycles. The average Bonchev–Trinajstić information content (AvgIpc) is 3.02.